The highest BCUT2D eigenvalue weighted by molar-refractivity contribution is 14.1. The summed E-state index contributed by atoms with van der Waals surface area (Å²) in [7, 11) is 1.81. The minimum Gasteiger partial charge on any atom is -0.381 e. The van der Waals surface area contributed by atoms with Gasteiger partial charge in [0.1, 0.15) is 3.70 Å². The zero-order valence-electron chi connectivity index (χ0n) is 9.60. The van der Waals surface area contributed by atoms with Crippen LogP contribution in [0, 0.1) is 3.70 Å². The molecule has 1 fully saturated rings. The van der Waals surface area contributed by atoms with Gasteiger partial charge in [-0.3, -0.25) is 4.68 Å². The molecule has 16 heavy (non-hydrogen) atoms. The number of likely N-dealkylation sites (tertiary alicyclic amines) is 1. The maximum Gasteiger partial charge on any atom is 0.123 e. The summed E-state index contributed by atoms with van der Waals surface area (Å²) in [5.74, 6) is 0. The molecule has 0 amide bonds. The van der Waals surface area contributed by atoms with Crippen LogP contribution in [0.25, 0.3) is 0 Å². The van der Waals surface area contributed by atoms with Crippen molar-refractivity contribution in [2.75, 3.05) is 26.7 Å². The average Bonchev–Trinajstić information content (AvgIpc) is 2.73. The van der Waals surface area contributed by atoms with Gasteiger partial charge < -0.3 is 9.64 Å². The van der Waals surface area contributed by atoms with Crippen molar-refractivity contribution in [2.24, 2.45) is 0 Å². The van der Waals surface area contributed by atoms with E-state index in [0.717, 1.165) is 42.7 Å². The molecule has 0 aromatic carbocycles. The lowest BCUT2D eigenvalue weighted by Gasteiger charge is -2.30. The predicted molar refractivity (Wildman–Crippen MR) is 71.4 cm³/mol. The van der Waals surface area contributed by atoms with Gasteiger partial charge in [0.25, 0.3) is 0 Å². The van der Waals surface area contributed by atoms with E-state index < -0.39 is 0 Å². The summed E-state index contributed by atoms with van der Waals surface area (Å²) in [5.41, 5.74) is 0. The summed E-state index contributed by atoms with van der Waals surface area (Å²) < 4.78 is 8.44. The van der Waals surface area contributed by atoms with E-state index in [1.165, 1.54) is 0 Å². The van der Waals surface area contributed by atoms with Gasteiger partial charge in [-0.15, -0.1) is 0 Å². The first-order valence-corrected chi connectivity index (χ1v) is 6.80. The van der Waals surface area contributed by atoms with Crippen molar-refractivity contribution in [3.8, 4) is 0 Å². The van der Waals surface area contributed by atoms with E-state index >= 15 is 0 Å². The maximum atomic E-state index is 5.36. The molecule has 1 aromatic rings. The van der Waals surface area contributed by atoms with Crippen molar-refractivity contribution in [1.82, 2.24) is 14.7 Å². The first kappa shape index (κ1) is 12.3. The normalized spacial score (nSPS) is 19.1. The summed E-state index contributed by atoms with van der Waals surface area (Å²) in [6, 6.07) is 2.04. The Morgan fingerprint density at radius 1 is 1.44 bits per heavy atom. The van der Waals surface area contributed by atoms with Gasteiger partial charge in [0.2, 0.25) is 0 Å². The minimum absolute atomic E-state index is 0.474. The molecule has 0 N–H and O–H groups in total. The summed E-state index contributed by atoms with van der Waals surface area (Å²) >= 11 is 2.24. The molecule has 1 saturated heterocycles. The van der Waals surface area contributed by atoms with Crippen LogP contribution in [-0.4, -0.2) is 47.5 Å². The maximum absolute atomic E-state index is 5.36. The van der Waals surface area contributed by atoms with E-state index in [-0.39, 0.29) is 0 Å². The molecular formula is C11H18IN3O. The third-order valence-corrected chi connectivity index (χ3v) is 3.70. The fraction of sp³-hybridized carbons (Fsp3) is 0.727. The van der Waals surface area contributed by atoms with Crippen molar-refractivity contribution in [1.29, 1.82) is 0 Å². The van der Waals surface area contributed by atoms with Crippen LogP contribution in [0.5, 0.6) is 0 Å². The lowest BCUT2D eigenvalue weighted by Crippen LogP contribution is -2.38. The van der Waals surface area contributed by atoms with Crippen molar-refractivity contribution < 1.29 is 4.74 Å². The second-order valence-electron chi connectivity index (χ2n) is 4.18. The summed E-state index contributed by atoms with van der Waals surface area (Å²) in [6.07, 6.45) is 4.84. The Kier molecular flexibility index (Phi) is 4.60. The molecule has 0 saturated carbocycles. The highest BCUT2D eigenvalue weighted by Crippen LogP contribution is 2.12. The molecule has 0 aliphatic carbocycles. The van der Waals surface area contributed by atoms with Crippen molar-refractivity contribution >= 4 is 22.6 Å². The number of nitrogens with zero attached hydrogens (tertiary/aromatic N) is 3. The quantitative estimate of drug-likeness (QED) is 0.783. The number of aromatic nitrogens is 2. The van der Waals surface area contributed by atoms with Crippen molar-refractivity contribution in [2.45, 2.75) is 25.5 Å². The topological polar surface area (TPSA) is 30.3 Å². The Morgan fingerprint density at radius 2 is 2.19 bits per heavy atom. The monoisotopic (exact) mass is 335 g/mol. The standard InChI is InChI=1S/C11H18IN3O/c1-16-10-2-5-14(6-3-10)8-9-15-7-4-11(12)13-15/h4,7,10H,2-3,5-6,8-9H2,1H3. The molecule has 1 aliphatic heterocycles. The van der Waals surface area contributed by atoms with Crippen LogP contribution in [-0.2, 0) is 11.3 Å². The SMILES string of the molecule is COC1CCN(CCn2ccc(I)n2)CC1. The van der Waals surface area contributed by atoms with Crippen LogP contribution in [0.3, 0.4) is 0 Å². The Balaban J connectivity index is 1.71. The molecule has 4 nitrogen and oxygen atoms in total. The molecule has 0 radical (unpaired) electrons. The number of rotatable bonds is 4. The Morgan fingerprint density at radius 3 is 2.75 bits per heavy atom. The number of hydrogen-bond donors (Lipinski definition) is 0. The number of methoxy groups -OCH3 is 1. The average molecular weight is 335 g/mol. The second-order valence-corrected chi connectivity index (χ2v) is 5.28. The van der Waals surface area contributed by atoms with Crippen LogP contribution in [0.2, 0.25) is 0 Å². The van der Waals surface area contributed by atoms with Crippen LogP contribution in [0.15, 0.2) is 12.3 Å². The van der Waals surface area contributed by atoms with Crippen molar-refractivity contribution in [3.63, 3.8) is 0 Å². The molecule has 90 valence electrons. The first-order chi connectivity index (χ1) is 7.78. The molecule has 2 rings (SSSR count). The second kappa shape index (κ2) is 5.97. The van der Waals surface area contributed by atoms with E-state index in [2.05, 4.69) is 32.6 Å². The number of halogens is 1. The van der Waals surface area contributed by atoms with Gasteiger partial charge in [-0.25, -0.2) is 0 Å². The Labute approximate surface area is 110 Å². The van der Waals surface area contributed by atoms with Crippen LogP contribution >= 0.6 is 22.6 Å². The number of hydrogen-bond acceptors (Lipinski definition) is 3. The summed E-state index contributed by atoms with van der Waals surface area (Å²) in [6.45, 7) is 4.38. The van der Waals surface area contributed by atoms with Gasteiger partial charge in [0.15, 0.2) is 0 Å². The van der Waals surface area contributed by atoms with Crippen LogP contribution < -0.4 is 0 Å². The Hall–Kier alpha value is -0.140. The molecule has 1 aromatic heterocycles. The van der Waals surface area contributed by atoms with Gasteiger partial charge in [-0.05, 0) is 41.5 Å². The zero-order chi connectivity index (χ0) is 11.4. The number of ether oxygens (including phenoxy) is 1. The van der Waals surface area contributed by atoms with Crippen LogP contribution in [0.1, 0.15) is 12.8 Å². The fourth-order valence-corrected chi connectivity index (χ4v) is 2.51. The Bertz CT molecular complexity index is 321. The molecule has 0 spiro atoms. The minimum atomic E-state index is 0.474. The van der Waals surface area contributed by atoms with Crippen molar-refractivity contribution in [3.05, 3.63) is 16.0 Å². The lowest BCUT2D eigenvalue weighted by atomic mass is 10.1. The van der Waals surface area contributed by atoms with Gasteiger partial charge in [0.05, 0.1) is 12.6 Å². The van der Waals surface area contributed by atoms with E-state index in [1.807, 2.05) is 24.1 Å². The molecular weight excluding hydrogens is 317 g/mol. The van der Waals surface area contributed by atoms with Gasteiger partial charge in [-0.2, -0.15) is 5.10 Å². The third kappa shape index (κ3) is 3.43. The van der Waals surface area contributed by atoms with Crippen LogP contribution in [0.4, 0.5) is 0 Å². The fourth-order valence-electron chi connectivity index (χ4n) is 2.07. The highest BCUT2D eigenvalue weighted by atomic mass is 127. The summed E-state index contributed by atoms with van der Waals surface area (Å²) in [4.78, 5) is 2.49. The zero-order valence-corrected chi connectivity index (χ0v) is 11.8. The molecule has 5 heteroatoms. The molecule has 0 unspecified atom stereocenters. The largest absolute Gasteiger partial charge is 0.381 e. The van der Waals surface area contributed by atoms with E-state index in [1.54, 1.807) is 0 Å². The van der Waals surface area contributed by atoms with Gasteiger partial charge >= 0.3 is 0 Å². The highest BCUT2D eigenvalue weighted by Gasteiger charge is 2.18. The predicted octanol–water partition coefficient (Wildman–Crippen LogP) is 1.60. The molecule has 0 atom stereocenters. The smallest absolute Gasteiger partial charge is 0.123 e. The summed E-state index contributed by atoms with van der Waals surface area (Å²) in [5, 5.41) is 4.38. The van der Waals surface area contributed by atoms with Gasteiger partial charge in [-0.1, -0.05) is 0 Å². The van der Waals surface area contributed by atoms with E-state index in [0.29, 0.717) is 6.10 Å². The number of piperidine rings is 1. The van der Waals surface area contributed by atoms with E-state index in [4.69, 9.17) is 4.74 Å². The first-order valence-electron chi connectivity index (χ1n) is 5.72. The molecule has 0 bridgehead atoms. The lowest BCUT2D eigenvalue weighted by molar-refractivity contribution is 0.0399. The third-order valence-electron chi connectivity index (χ3n) is 3.12. The molecule has 1 aliphatic rings. The van der Waals surface area contributed by atoms with Gasteiger partial charge in [0, 0.05) is 32.9 Å². The van der Waals surface area contributed by atoms with E-state index in [9.17, 15) is 0 Å². The molecule has 2 heterocycles.